The third-order valence-electron chi connectivity index (χ3n) is 2.83. The SMILES string of the molecule is COc1ccc(-c2ccccc2C(F)(F)F)c(CO)n1. The normalized spacial score (nSPS) is 11.4. The van der Waals surface area contributed by atoms with Crippen LogP contribution < -0.4 is 4.74 Å². The van der Waals surface area contributed by atoms with Crippen molar-refractivity contribution in [1.29, 1.82) is 0 Å². The van der Waals surface area contributed by atoms with E-state index >= 15 is 0 Å². The number of aliphatic hydroxyl groups is 1. The zero-order valence-corrected chi connectivity index (χ0v) is 10.6. The van der Waals surface area contributed by atoms with Crippen LogP contribution in [0.3, 0.4) is 0 Å². The van der Waals surface area contributed by atoms with E-state index in [4.69, 9.17) is 4.74 Å². The first-order valence-electron chi connectivity index (χ1n) is 5.78. The van der Waals surface area contributed by atoms with Crippen LogP contribution in [0.15, 0.2) is 36.4 Å². The van der Waals surface area contributed by atoms with Crippen molar-refractivity contribution in [2.24, 2.45) is 0 Å². The Morgan fingerprint density at radius 1 is 1.10 bits per heavy atom. The fourth-order valence-electron chi connectivity index (χ4n) is 1.93. The minimum absolute atomic E-state index is 0.0146. The van der Waals surface area contributed by atoms with Gasteiger partial charge in [0, 0.05) is 11.6 Å². The number of hydrogen-bond acceptors (Lipinski definition) is 3. The highest BCUT2D eigenvalue weighted by molar-refractivity contribution is 5.70. The Balaban J connectivity index is 2.63. The van der Waals surface area contributed by atoms with Gasteiger partial charge < -0.3 is 9.84 Å². The average Bonchev–Trinajstić information content (AvgIpc) is 2.45. The number of aromatic nitrogens is 1. The van der Waals surface area contributed by atoms with Gasteiger partial charge in [0.2, 0.25) is 5.88 Å². The molecule has 2 rings (SSSR count). The molecular formula is C14H12F3NO2. The van der Waals surface area contributed by atoms with Gasteiger partial charge in [0.15, 0.2) is 0 Å². The van der Waals surface area contributed by atoms with Gasteiger partial charge in [0.25, 0.3) is 0 Å². The van der Waals surface area contributed by atoms with Crippen molar-refractivity contribution in [2.75, 3.05) is 7.11 Å². The zero-order valence-electron chi connectivity index (χ0n) is 10.6. The fraction of sp³-hybridized carbons (Fsp3) is 0.214. The lowest BCUT2D eigenvalue weighted by atomic mass is 9.98. The van der Waals surface area contributed by atoms with Crippen molar-refractivity contribution < 1.29 is 23.0 Å². The quantitative estimate of drug-likeness (QED) is 0.940. The standard InChI is InChI=1S/C14H12F3NO2/c1-20-13-7-6-10(12(8-19)18-13)9-4-2-3-5-11(9)14(15,16)17/h2-7,19H,8H2,1H3. The number of nitrogens with zero attached hydrogens (tertiary/aromatic N) is 1. The van der Waals surface area contributed by atoms with E-state index in [-0.39, 0.29) is 22.7 Å². The Morgan fingerprint density at radius 3 is 2.40 bits per heavy atom. The summed E-state index contributed by atoms with van der Waals surface area (Å²) in [4.78, 5) is 3.97. The summed E-state index contributed by atoms with van der Waals surface area (Å²) in [5.74, 6) is 0.238. The van der Waals surface area contributed by atoms with Gasteiger partial charge in [-0.3, -0.25) is 0 Å². The highest BCUT2D eigenvalue weighted by atomic mass is 19.4. The highest BCUT2D eigenvalue weighted by Crippen LogP contribution is 2.38. The Labute approximate surface area is 113 Å². The van der Waals surface area contributed by atoms with Gasteiger partial charge in [-0.05, 0) is 17.7 Å². The molecule has 2 aromatic rings. The second-order valence-electron chi connectivity index (χ2n) is 4.05. The second-order valence-corrected chi connectivity index (χ2v) is 4.05. The van der Waals surface area contributed by atoms with Crippen LogP contribution in [0.25, 0.3) is 11.1 Å². The average molecular weight is 283 g/mol. The van der Waals surface area contributed by atoms with E-state index in [1.807, 2.05) is 0 Å². The van der Waals surface area contributed by atoms with Crippen molar-refractivity contribution in [3.8, 4) is 17.0 Å². The van der Waals surface area contributed by atoms with Crippen molar-refractivity contribution in [3.63, 3.8) is 0 Å². The maximum Gasteiger partial charge on any atom is 0.417 e. The molecule has 0 saturated heterocycles. The second kappa shape index (κ2) is 5.50. The fourth-order valence-corrected chi connectivity index (χ4v) is 1.93. The Kier molecular flexibility index (Phi) is 3.94. The van der Waals surface area contributed by atoms with Crippen molar-refractivity contribution in [2.45, 2.75) is 12.8 Å². The number of pyridine rings is 1. The van der Waals surface area contributed by atoms with Crippen LogP contribution in [-0.2, 0) is 12.8 Å². The van der Waals surface area contributed by atoms with Crippen molar-refractivity contribution >= 4 is 0 Å². The zero-order chi connectivity index (χ0) is 14.8. The van der Waals surface area contributed by atoms with Crippen LogP contribution in [0.2, 0.25) is 0 Å². The summed E-state index contributed by atoms with van der Waals surface area (Å²) < 4.78 is 43.9. The molecular weight excluding hydrogens is 271 g/mol. The summed E-state index contributed by atoms with van der Waals surface area (Å²) in [7, 11) is 1.40. The molecule has 0 unspecified atom stereocenters. The topological polar surface area (TPSA) is 42.4 Å². The lowest BCUT2D eigenvalue weighted by molar-refractivity contribution is -0.137. The summed E-state index contributed by atoms with van der Waals surface area (Å²) in [6.45, 7) is -0.473. The molecule has 1 heterocycles. The number of rotatable bonds is 3. The van der Waals surface area contributed by atoms with Gasteiger partial charge in [0.05, 0.1) is 25.0 Å². The molecule has 1 aromatic carbocycles. The Morgan fingerprint density at radius 2 is 1.80 bits per heavy atom. The van der Waals surface area contributed by atoms with Gasteiger partial charge in [-0.2, -0.15) is 13.2 Å². The van der Waals surface area contributed by atoms with Gasteiger partial charge in [-0.15, -0.1) is 0 Å². The maximum atomic E-state index is 13.0. The van der Waals surface area contributed by atoms with E-state index in [1.165, 1.54) is 37.4 Å². The molecule has 0 aliphatic carbocycles. The predicted molar refractivity (Wildman–Crippen MR) is 67.1 cm³/mol. The van der Waals surface area contributed by atoms with E-state index in [9.17, 15) is 18.3 Å². The van der Waals surface area contributed by atoms with Crippen molar-refractivity contribution in [1.82, 2.24) is 4.98 Å². The third-order valence-corrected chi connectivity index (χ3v) is 2.83. The summed E-state index contributed by atoms with van der Waals surface area (Å²) in [6, 6.07) is 8.10. The molecule has 3 nitrogen and oxygen atoms in total. The molecule has 1 aromatic heterocycles. The van der Waals surface area contributed by atoms with Crippen LogP contribution in [0.4, 0.5) is 13.2 Å². The van der Waals surface area contributed by atoms with Crippen LogP contribution >= 0.6 is 0 Å². The number of hydrogen-bond donors (Lipinski definition) is 1. The van der Waals surface area contributed by atoms with Crippen molar-refractivity contribution in [3.05, 3.63) is 47.7 Å². The van der Waals surface area contributed by atoms with E-state index in [0.29, 0.717) is 0 Å². The Bertz CT molecular complexity index is 612. The van der Waals surface area contributed by atoms with Gasteiger partial charge in [-0.1, -0.05) is 18.2 Å². The molecule has 6 heteroatoms. The first-order chi connectivity index (χ1) is 9.47. The number of aliphatic hydroxyl groups excluding tert-OH is 1. The minimum atomic E-state index is -4.47. The summed E-state index contributed by atoms with van der Waals surface area (Å²) >= 11 is 0. The molecule has 106 valence electrons. The summed E-state index contributed by atoms with van der Waals surface area (Å²) in [5, 5.41) is 9.29. The van der Waals surface area contributed by atoms with Crippen LogP contribution in [-0.4, -0.2) is 17.2 Å². The van der Waals surface area contributed by atoms with Gasteiger partial charge in [0.1, 0.15) is 0 Å². The molecule has 0 spiro atoms. The monoisotopic (exact) mass is 283 g/mol. The largest absolute Gasteiger partial charge is 0.481 e. The number of halogens is 3. The first kappa shape index (κ1) is 14.3. The van der Waals surface area contributed by atoms with Crippen LogP contribution in [0, 0.1) is 0 Å². The van der Waals surface area contributed by atoms with E-state index in [1.54, 1.807) is 0 Å². The number of alkyl halides is 3. The molecule has 1 N–H and O–H groups in total. The van der Waals surface area contributed by atoms with Crippen LogP contribution in [0.5, 0.6) is 5.88 Å². The summed E-state index contributed by atoms with van der Waals surface area (Å²) in [6.07, 6.45) is -4.47. The van der Waals surface area contributed by atoms with E-state index in [2.05, 4.69) is 4.98 Å². The molecule has 0 aliphatic rings. The van der Waals surface area contributed by atoms with Gasteiger partial charge in [-0.25, -0.2) is 4.98 Å². The molecule has 0 bridgehead atoms. The minimum Gasteiger partial charge on any atom is -0.481 e. The molecule has 0 atom stereocenters. The molecule has 0 fully saturated rings. The lowest BCUT2D eigenvalue weighted by Crippen LogP contribution is -2.08. The number of methoxy groups -OCH3 is 1. The smallest absolute Gasteiger partial charge is 0.417 e. The summed E-state index contributed by atoms with van der Waals surface area (Å²) in [5.41, 5.74) is -0.400. The van der Waals surface area contributed by atoms with E-state index < -0.39 is 18.3 Å². The lowest BCUT2D eigenvalue weighted by Gasteiger charge is -2.15. The van der Waals surface area contributed by atoms with Crippen LogP contribution in [0.1, 0.15) is 11.3 Å². The number of ether oxygens (including phenoxy) is 1. The molecule has 0 aliphatic heterocycles. The molecule has 20 heavy (non-hydrogen) atoms. The molecule has 0 radical (unpaired) electrons. The third kappa shape index (κ3) is 2.75. The maximum absolute atomic E-state index is 13.0. The highest BCUT2D eigenvalue weighted by Gasteiger charge is 2.33. The first-order valence-corrected chi connectivity index (χ1v) is 5.78. The number of benzene rings is 1. The van der Waals surface area contributed by atoms with E-state index in [0.717, 1.165) is 6.07 Å². The van der Waals surface area contributed by atoms with Gasteiger partial charge >= 0.3 is 6.18 Å². The predicted octanol–water partition coefficient (Wildman–Crippen LogP) is 3.27. The molecule has 0 amide bonds. The molecule has 0 saturated carbocycles. The Hall–Kier alpha value is -2.08.